The van der Waals surface area contributed by atoms with E-state index in [9.17, 15) is 4.79 Å². The van der Waals surface area contributed by atoms with Crippen molar-refractivity contribution in [3.05, 3.63) is 52.8 Å². The van der Waals surface area contributed by atoms with Gasteiger partial charge in [0.2, 0.25) is 0 Å². The van der Waals surface area contributed by atoms with E-state index in [0.717, 1.165) is 0 Å². The highest BCUT2D eigenvalue weighted by Crippen LogP contribution is 2.19. The van der Waals surface area contributed by atoms with E-state index in [1.165, 1.54) is 0 Å². The number of nitrogens with one attached hydrogen (secondary N) is 2. The number of halogens is 1. The number of nitrogens with zero attached hydrogens (tertiary/aromatic N) is 2. The number of hydrogen-bond donors (Lipinski definition) is 3. The number of amides is 1. The van der Waals surface area contributed by atoms with E-state index in [1.807, 2.05) is 0 Å². The van der Waals surface area contributed by atoms with Gasteiger partial charge < -0.3 is 10.7 Å². The molecule has 0 saturated heterocycles. The lowest BCUT2D eigenvalue weighted by atomic mass is 10.1. The Labute approximate surface area is 115 Å². The van der Waals surface area contributed by atoms with Gasteiger partial charge in [0.15, 0.2) is 0 Å². The molecule has 1 amide bonds. The summed E-state index contributed by atoms with van der Waals surface area (Å²) in [6, 6.07) is 8.35. The number of rotatable bonds is 4. The molecular formula is C12H12ClN5O. The van der Waals surface area contributed by atoms with E-state index in [0.29, 0.717) is 22.0 Å². The zero-order chi connectivity index (χ0) is 13.7. The maximum Gasteiger partial charge on any atom is 0.253 e. The Balaban J connectivity index is 2.10. The zero-order valence-corrected chi connectivity index (χ0v) is 10.7. The van der Waals surface area contributed by atoms with Gasteiger partial charge in [0.05, 0.1) is 23.5 Å². The van der Waals surface area contributed by atoms with Gasteiger partial charge in [-0.3, -0.25) is 10.6 Å². The first-order valence-corrected chi connectivity index (χ1v) is 5.89. The topological polar surface area (TPSA) is 92.9 Å². The van der Waals surface area contributed by atoms with E-state index < -0.39 is 0 Å². The Hall–Kier alpha value is -2.18. The summed E-state index contributed by atoms with van der Waals surface area (Å²) >= 11 is 5.86. The third-order valence-electron chi connectivity index (χ3n) is 2.44. The van der Waals surface area contributed by atoms with Gasteiger partial charge in [-0.25, -0.2) is 0 Å². The molecule has 1 heterocycles. The minimum absolute atomic E-state index is 0.281. The molecule has 0 bridgehead atoms. The fraction of sp³-hybridized carbons (Fsp3) is 0.0833. The summed E-state index contributed by atoms with van der Waals surface area (Å²) in [6.45, 7) is 0.281. The Kier molecular flexibility index (Phi) is 4.27. The van der Waals surface area contributed by atoms with Crippen LogP contribution in [-0.4, -0.2) is 16.1 Å². The van der Waals surface area contributed by atoms with Gasteiger partial charge in [-0.1, -0.05) is 11.6 Å². The van der Waals surface area contributed by atoms with Crippen molar-refractivity contribution >= 4 is 23.2 Å². The molecule has 0 aliphatic carbocycles. The van der Waals surface area contributed by atoms with Crippen molar-refractivity contribution in [2.75, 3.05) is 5.43 Å². The van der Waals surface area contributed by atoms with Crippen molar-refractivity contribution in [2.24, 2.45) is 5.84 Å². The number of hydrazine groups is 1. The lowest BCUT2D eigenvalue weighted by Crippen LogP contribution is -2.25. The smallest absolute Gasteiger partial charge is 0.253 e. The number of nitrogens with two attached hydrogens (primary N) is 1. The summed E-state index contributed by atoms with van der Waals surface area (Å²) in [4.78, 5) is 12.0. The molecule has 98 valence electrons. The van der Waals surface area contributed by atoms with Crippen molar-refractivity contribution in [2.45, 2.75) is 6.54 Å². The molecule has 1 aromatic carbocycles. The SMILES string of the molecule is NNc1ccc(Cl)cc1C(=O)NCc1cccnn1. The standard InChI is InChI=1S/C12H12ClN5O/c13-8-3-4-11(17-14)10(6-8)12(19)15-7-9-2-1-5-16-18-9/h1-6,17H,7,14H2,(H,15,19). The van der Waals surface area contributed by atoms with E-state index >= 15 is 0 Å². The minimum atomic E-state index is -0.291. The lowest BCUT2D eigenvalue weighted by molar-refractivity contribution is 0.0951. The van der Waals surface area contributed by atoms with Gasteiger partial charge in [-0.15, -0.1) is 0 Å². The second-order valence-corrected chi connectivity index (χ2v) is 4.17. The van der Waals surface area contributed by atoms with E-state index in [2.05, 4.69) is 20.9 Å². The van der Waals surface area contributed by atoms with Crippen LogP contribution in [0, 0.1) is 0 Å². The van der Waals surface area contributed by atoms with Crippen LogP contribution >= 0.6 is 11.6 Å². The van der Waals surface area contributed by atoms with Gasteiger partial charge in [-0.05, 0) is 30.3 Å². The Morgan fingerprint density at radius 1 is 1.37 bits per heavy atom. The molecule has 7 heteroatoms. The minimum Gasteiger partial charge on any atom is -0.346 e. The molecule has 1 aromatic heterocycles. The Morgan fingerprint density at radius 3 is 2.89 bits per heavy atom. The van der Waals surface area contributed by atoms with Crippen LogP contribution in [0.15, 0.2) is 36.5 Å². The Morgan fingerprint density at radius 2 is 2.21 bits per heavy atom. The highest BCUT2D eigenvalue weighted by atomic mass is 35.5. The maximum absolute atomic E-state index is 12.0. The molecule has 6 nitrogen and oxygen atoms in total. The molecule has 0 radical (unpaired) electrons. The summed E-state index contributed by atoms with van der Waals surface area (Å²) in [5.41, 5.74) is 4.00. The monoisotopic (exact) mass is 277 g/mol. The quantitative estimate of drug-likeness (QED) is 0.579. The van der Waals surface area contributed by atoms with Crippen LogP contribution < -0.4 is 16.6 Å². The van der Waals surface area contributed by atoms with E-state index in [4.69, 9.17) is 17.4 Å². The summed E-state index contributed by atoms with van der Waals surface area (Å²) in [5, 5.41) is 10.8. The predicted octanol–water partition coefficient (Wildman–Crippen LogP) is 1.35. The van der Waals surface area contributed by atoms with Crippen molar-refractivity contribution in [1.29, 1.82) is 0 Å². The molecule has 0 fully saturated rings. The van der Waals surface area contributed by atoms with E-state index in [-0.39, 0.29) is 12.5 Å². The molecule has 0 saturated carbocycles. The normalized spacial score (nSPS) is 10.0. The van der Waals surface area contributed by atoms with Crippen molar-refractivity contribution in [3.63, 3.8) is 0 Å². The number of carbonyl (C=O) groups excluding carboxylic acids is 1. The first-order valence-electron chi connectivity index (χ1n) is 5.51. The summed E-state index contributed by atoms with van der Waals surface area (Å²) in [7, 11) is 0. The zero-order valence-electron chi connectivity index (χ0n) is 9.93. The van der Waals surface area contributed by atoms with Gasteiger partial charge in [0.25, 0.3) is 5.91 Å². The van der Waals surface area contributed by atoms with Crippen molar-refractivity contribution < 1.29 is 4.79 Å². The molecule has 2 aromatic rings. The molecular weight excluding hydrogens is 266 g/mol. The fourth-order valence-corrected chi connectivity index (χ4v) is 1.70. The fourth-order valence-electron chi connectivity index (χ4n) is 1.52. The average molecular weight is 278 g/mol. The number of carbonyl (C=O) groups is 1. The second-order valence-electron chi connectivity index (χ2n) is 3.73. The van der Waals surface area contributed by atoms with Gasteiger partial charge in [0, 0.05) is 11.2 Å². The van der Waals surface area contributed by atoms with Crippen LogP contribution in [0.1, 0.15) is 16.1 Å². The number of benzene rings is 1. The average Bonchev–Trinajstić information content (AvgIpc) is 2.46. The highest BCUT2D eigenvalue weighted by molar-refractivity contribution is 6.31. The van der Waals surface area contributed by atoms with Crippen LogP contribution in [0.3, 0.4) is 0 Å². The van der Waals surface area contributed by atoms with E-state index in [1.54, 1.807) is 36.5 Å². The highest BCUT2D eigenvalue weighted by Gasteiger charge is 2.11. The molecule has 0 aliphatic rings. The van der Waals surface area contributed by atoms with Crippen LogP contribution in [-0.2, 0) is 6.54 Å². The first kappa shape index (κ1) is 13.3. The summed E-state index contributed by atoms with van der Waals surface area (Å²) in [5.74, 6) is 5.06. The molecule has 19 heavy (non-hydrogen) atoms. The first-order chi connectivity index (χ1) is 9.20. The van der Waals surface area contributed by atoms with Gasteiger partial charge >= 0.3 is 0 Å². The molecule has 0 aliphatic heterocycles. The molecule has 2 rings (SSSR count). The predicted molar refractivity (Wildman–Crippen MR) is 72.5 cm³/mol. The maximum atomic E-state index is 12.0. The third-order valence-corrected chi connectivity index (χ3v) is 2.67. The molecule has 0 atom stereocenters. The molecule has 4 N–H and O–H groups in total. The summed E-state index contributed by atoms with van der Waals surface area (Å²) in [6.07, 6.45) is 1.57. The van der Waals surface area contributed by atoms with Crippen molar-refractivity contribution in [3.8, 4) is 0 Å². The van der Waals surface area contributed by atoms with Crippen LogP contribution in [0.25, 0.3) is 0 Å². The van der Waals surface area contributed by atoms with Crippen LogP contribution in [0.2, 0.25) is 5.02 Å². The number of aromatic nitrogens is 2. The van der Waals surface area contributed by atoms with Gasteiger partial charge in [0.1, 0.15) is 0 Å². The Bertz CT molecular complexity index is 576. The lowest BCUT2D eigenvalue weighted by Gasteiger charge is -2.09. The second kappa shape index (κ2) is 6.12. The van der Waals surface area contributed by atoms with Crippen LogP contribution in [0.4, 0.5) is 5.69 Å². The van der Waals surface area contributed by atoms with Crippen LogP contribution in [0.5, 0.6) is 0 Å². The molecule has 0 spiro atoms. The number of hydrogen-bond acceptors (Lipinski definition) is 5. The van der Waals surface area contributed by atoms with Crippen molar-refractivity contribution in [1.82, 2.24) is 15.5 Å². The number of anilines is 1. The molecule has 0 unspecified atom stereocenters. The largest absolute Gasteiger partial charge is 0.346 e. The summed E-state index contributed by atoms with van der Waals surface area (Å²) < 4.78 is 0. The third kappa shape index (κ3) is 3.40. The van der Waals surface area contributed by atoms with Gasteiger partial charge in [-0.2, -0.15) is 10.2 Å². The number of nitrogen functional groups attached to an aromatic ring is 1.